The van der Waals surface area contributed by atoms with Crippen LogP contribution in [-0.4, -0.2) is 19.0 Å². The highest BCUT2D eigenvalue weighted by atomic mass is 16.6. The van der Waals surface area contributed by atoms with E-state index in [9.17, 15) is 4.79 Å². The van der Waals surface area contributed by atoms with E-state index in [-0.39, 0.29) is 11.7 Å². The van der Waals surface area contributed by atoms with Crippen molar-refractivity contribution < 1.29 is 14.3 Å². The van der Waals surface area contributed by atoms with Crippen molar-refractivity contribution in [3.63, 3.8) is 0 Å². The predicted octanol–water partition coefficient (Wildman–Crippen LogP) is 3.08. The molecule has 0 spiro atoms. The van der Waals surface area contributed by atoms with Gasteiger partial charge in [0.2, 0.25) is 0 Å². The van der Waals surface area contributed by atoms with Crippen LogP contribution in [0.1, 0.15) is 36.5 Å². The molecule has 0 radical (unpaired) electrons. The molecule has 1 aromatic carbocycles. The maximum Gasteiger partial charge on any atom is 0.166 e. The average molecular weight is 246 g/mol. The smallest absolute Gasteiger partial charge is 0.166 e. The summed E-state index contributed by atoms with van der Waals surface area (Å²) in [6.07, 6.45) is 3.36. The molecule has 0 aromatic heterocycles. The molecule has 0 N–H and O–H groups in total. The Balaban J connectivity index is 1.85. The number of ether oxygens (including phenoxy) is 2. The number of fused-ring (bicyclic) bond motifs is 1. The van der Waals surface area contributed by atoms with E-state index in [0.717, 1.165) is 17.7 Å². The van der Waals surface area contributed by atoms with Gasteiger partial charge < -0.3 is 9.47 Å². The Kier molecular flexibility index (Phi) is 2.98. The highest BCUT2D eigenvalue weighted by Crippen LogP contribution is 2.36. The van der Waals surface area contributed by atoms with E-state index >= 15 is 0 Å². The first-order chi connectivity index (χ1) is 8.75. The Bertz CT molecular complexity index is 467. The first kappa shape index (κ1) is 11.6. The quantitative estimate of drug-likeness (QED) is 0.752. The lowest BCUT2D eigenvalue weighted by Crippen LogP contribution is -2.19. The zero-order chi connectivity index (χ0) is 12.5. The zero-order valence-electron chi connectivity index (χ0n) is 10.6. The highest BCUT2D eigenvalue weighted by Gasteiger charge is 2.30. The third kappa shape index (κ3) is 1.98. The monoisotopic (exact) mass is 246 g/mol. The van der Waals surface area contributed by atoms with E-state index in [4.69, 9.17) is 9.47 Å². The van der Waals surface area contributed by atoms with E-state index in [2.05, 4.69) is 6.92 Å². The minimum Gasteiger partial charge on any atom is -0.486 e. The van der Waals surface area contributed by atoms with Crippen molar-refractivity contribution in [3.8, 4) is 11.5 Å². The molecule has 3 nitrogen and oxygen atoms in total. The van der Waals surface area contributed by atoms with Crippen molar-refractivity contribution in [2.24, 2.45) is 11.8 Å². The van der Waals surface area contributed by atoms with E-state index in [1.54, 1.807) is 0 Å². The van der Waals surface area contributed by atoms with E-state index in [1.165, 1.54) is 12.8 Å². The van der Waals surface area contributed by atoms with E-state index in [0.29, 0.717) is 24.9 Å². The molecule has 0 saturated heterocycles. The van der Waals surface area contributed by atoms with Crippen molar-refractivity contribution in [2.75, 3.05) is 13.2 Å². The topological polar surface area (TPSA) is 35.5 Å². The summed E-state index contributed by atoms with van der Waals surface area (Å²) in [5.41, 5.74) is 0.762. The summed E-state index contributed by atoms with van der Waals surface area (Å²) in [5, 5.41) is 0. The number of carbonyl (C=O) groups is 1. The summed E-state index contributed by atoms with van der Waals surface area (Å²) in [6.45, 7) is 3.32. The standard InChI is InChI=1S/C15H18O3/c1-10-3-2-4-12(10)15(16)11-5-6-13-14(9-11)18-8-7-17-13/h5-6,9-10,12H,2-4,7-8H2,1H3. The fraction of sp³-hybridized carbons (Fsp3) is 0.533. The normalized spacial score (nSPS) is 26.1. The van der Waals surface area contributed by atoms with E-state index in [1.807, 2.05) is 18.2 Å². The minimum absolute atomic E-state index is 0.188. The van der Waals surface area contributed by atoms with Gasteiger partial charge in [-0.15, -0.1) is 0 Å². The highest BCUT2D eigenvalue weighted by molar-refractivity contribution is 5.98. The van der Waals surface area contributed by atoms with Gasteiger partial charge in [-0.25, -0.2) is 0 Å². The number of rotatable bonds is 2. The van der Waals surface area contributed by atoms with Gasteiger partial charge in [-0.05, 0) is 37.0 Å². The van der Waals surface area contributed by atoms with Gasteiger partial charge >= 0.3 is 0 Å². The second kappa shape index (κ2) is 4.63. The summed E-state index contributed by atoms with van der Waals surface area (Å²) < 4.78 is 11.0. The van der Waals surface area contributed by atoms with Crippen LogP contribution in [0.2, 0.25) is 0 Å². The molecule has 1 heterocycles. The fourth-order valence-corrected chi connectivity index (χ4v) is 2.95. The Hall–Kier alpha value is -1.51. The molecule has 0 amide bonds. The number of hydrogen-bond acceptors (Lipinski definition) is 3. The Morgan fingerprint density at radius 2 is 1.94 bits per heavy atom. The van der Waals surface area contributed by atoms with Crippen molar-refractivity contribution in [2.45, 2.75) is 26.2 Å². The number of benzene rings is 1. The van der Waals surface area contributed by atoms with Gasteiger partial charge in [0.1, 0.15) is 13.2 Å². The molecular formula is C15H18O3. The Labute approximate surface area is 107 Å². The summed E-state index contributed by atoms with van der Waals surface area (Å²) in [6, 6.07) is 5.55. The maximum absolute atomic E-state index is 12.4. The van der Waals surface area contributed by atoms with E-state index < -0.39 is 0 Å². The van der Waals surface area contributed by atoms with Crippen LogP contribution < -0.4 is 9.47 Å². The van der Waals surface area contributed by atoms with Gasteiger partial charge in [0.05, 0.1) is 0 Å². The summed E-state index contributed by atoms with van der Waals surface area (Å²) >= 11 is 0. The molecule has 1 fully saturated rings. The molecule has 96 valence electrons. The lowest BCUT2D eigenvalue weighted by molar-refractivity contribution is 0.0896. The zero-order valence-corrected chi connectivity index (χ0v) is 10.6. The molecule has 1 aliphatic carbocycles. The molecule has 2 unspecified atom stereocenters. The molecule has 0 bridgehead atoms. The lowest BCUT2D eigenvalue weighted by Gasteiger charge is -2.20. The second-order valence-electron chi connectivity index (χ2n) is 5.24. The first-order valence-electron chi connectivity index (χ1n) is 6.69. The molecule has 3 heteroatoms. The summed E-state index contributed by atoms with van der Waals surface area (Å²) in [5.74, 6) is 2.41. The molecule has 1 aliphatic heterocycles. The van der Waals surface area contributed by atoms with Crippen LogP contribution in [0, 0.1) is 11.8 Å². The fourth-order valence-electron chi connectivity index (χ4n) is 2.95. The molecule has 18 heavy (non-hydrogen) atoms. The SMILES string of the molecule is CC1CCCC1C(=O)c1ccc2c(c1)OCCO2. The summed E-state index contributed by atoms with van der Waals surface area (Å²) in [4.78, 5) is 12.4. The number of hydrogen-bond donors (Lipinski definition) is 0. The van der Waals surface area contributed by atoms with Crippen molar-refractivity contribution in [1.82, 2.24) is 0 Å². The molecular weight excluding hydrogens is 228 g/mol. The van der Waals surface area contributed by atoms with Crippen LogP contribution in [0.5, 0.6) is 11.5 Å². The van der Waals surface area contributed by atoms with Gasteiger partial charge in [0, 0.05) is 11.5 Å². The van der Waals surface area contributed by atoms with Gasteiger partial charge in [0.25, 0.3) is 0 Å². The molecule has 2 aliphatic rings. The summed E-state index contributed by atoms with van der Waals surface area (Å²) in [7, 11) is 0. The van der Waals surface area contributed by atoms with Gasteiger partial charge in [0.15, 0.2) is 17.3 Å². The Morgan fingerprint density at radius 1 is 1.17 bits per heavy atom. The third-order valence-electron chi connectivity index (χ3n) is 4.02. The van der Waals surface area contributed by atoms with Gasteiger partial charge in [-0.1, -0.05) is 13.3 Å². The van der Waals surface area contributed by atoms with Crippen molar-refractivity contribution in [3.05, 3.63) is 23.8 Å². The number of carbonyl (C=O) groups excluding carboxylic acids is 1. The lowest BCUT2D eigenvalue weighted by atomic mass is 9.89. The number of ketones is 1. The van der Waals surface area contributed by atoms with Gasteiger partial charge in [-0.3, -0.25) is 4.79 Å². The third-order valence-corrected chi connectivity index (χ3v) is 4.02. The van der Waals surface area contributed by atoms with Crippen LogP contribution >= 0.6 is 0 Å². The molecule has 2 atom stereocenters. The first-order valence-corrected chi connectivity index (χ1v) is 6.69. The number of Topliss-reactive ketones (excluding diaryl/α,β-unsaturated/α-hetero) is 1. The predicted molar refractivity (Wildman–Crippen MR) is 68.3 cm³/mol. The van der Waals surface area contributed by atoms with Crippen LogP contribution in [0.4, 0.5) is 0 Å². The molecule has 1 saturated carbocycles. The van der Waals surface area contributed by atoms with Crippen LogP contribution in [0.3, 0.4) is 0 Å². The van der Waals surface area contributed by atoms with Crippen LogP contribution in [0.25, 0.3) is 0 Å². The second-order valence-corrected chi connectivity index (χ2v) is 5.24. The van der Waals surface area contributed by atoms with Crippen molar-refractivity contribution in [1.29, 1.82) is 0 Å². The molecule has 3 rings (SSSR count). The van der Waals surface area contributed by atoms with Crippen molar-refractivity contribution >= 4 is 5.78 Å². The Morgan fingerprint density at radius 3 is 2.67 bits per heavy atom. The van der Waals surface area contributed by atoms with Crippen LogP contribution in [0.15, 0.2) is 18.2 Å². The maximum atomic E-state index is 12.4. The largest absolute Gasteiger partial charge is 0.486 e. The average Bonchev–Trinajstić information content (AvgIpc) is 2.83. The van der Waals surface area contributed by atoms with Crippen LogP contribution in [-0.2, 0) is 0 Å². The minimum atomic E-state index is 0.188. The molecule has 1 aromatic rings. The van der Waals surface area contributed by atoms with Gasteiger partial charge in [-0.2, -0.15) is 0 Å².